The molecule has 1 saturated heterocycles. The van der Waals surface area contributed by atoms with E-state index in [1.807, 2.05) is 47.3 Å². The van der Waals surface area contributed by atoms with Crippen LogP contribution in [0.3, 0.4) is 0 Å². The van der Waals surface area contributed by atoms with Gasteiger partial charge in [-0.05, 0) is 62.5 Å². The fourth-order valence-electron chi connectivity index (χ4n) is 3.76. The first kappa shape index (κ1) is 20.6. The van der Waals surface area contributed by atoms with Crippen LogP contribution in [0.2, 0.25) is 0 Å². The Morgan fingerprint density at radius 2 is 1.77 bits per heavy atom. The standard InChI is InChI=1S/C22H28N6OS/c1-17(2)28-21(18-7-9-19(29-3)10-8-18)24-27(22(28)30)16-25-12-14-26(15-13-25)20-6-4-5-11-23-20/h4-11,17H,12-16H2,1-3H3. The minimum absolute atomic E-state index is 0.226. The van der Waals surface area contributed by atoms with Crippen LogP contribution in [0.5, 0.6) is 5.75 Å². The highest BCUT2D eigenvalue weighted by atomic mass is 32.1. The molecular formula is C22H28N6OS. The summed E-state index contributed by atoms with van der Waals surface area (Å²) in [6.07, 6.45) is 1.85. The Morgan fingerprint density at radius 1 is 1.03 bits per heavy atom. The maximum atomic E-state index is 5.80. The number of benzene rings is 1. The van der Waals surface area contributed by atoms with Gasteiger partial charge in [-0.2, -0.15) is 5.10 Å². The van der Waals surface area contributed by atoms with Gasteiger partial charge in [-0.1, -0.05) is 6.07 Å². The summed E-state index contributed by atoms with van der Waals surface area (Å²) in [5.74, 6) is 2.77. The molecule has 3 aromatic rings. The van der Waals surface area contributed by atoms with Gasteiger partial charge in [0.05, 0.1) is 13.8 Å². The summed E-state index contributed by atoms with van der Waals surface area (Å²) < 4.78 is 10.1. The van der Waals surface area contributed by atoms with Crippen LogP contribution in [0, 0.1) is 4.77 Å². The van der Waals surface area contributed by atoms with Gasteiger partial charge in [0.15, 0.2) is 10.6 Å². The Labute approximate surface area is 182 Å². The van der Waals surface area contributed by atoms with Gasteiger partial charge in [-0.25, -0.2) is 9.67 Å². The van der Waals surface area contributed by atoms with E-state index in [9.17, 15) is 0 Å². The average molecular weight is 425 g/mol. The highest BCUT2D eigenvalue weighted by molar-refractivity contribution is 7.71. The molecule has 7 nitrogen and oxygen atoms in total. The number of methoxy groups -OCH3 is 1. The van der Waals surface area contributed by atoms with Crippen LogP contribution in [0.15, 0.2) is 48.7 Å². The van der Waals surface area contributed by atoms with Gasteiger partial charge in [-0.15, -0.1) is 0 Å². The average Bonchev–Trinajstić information content (AvgIpc) is 3.11. The Hall–Kier alpha value is -2.71. The maximum Gasteiger partial charge on any atom is 0.199 e. The van der Waals surface area contributed by atoms with Crippen molar-refractivity contribution in [2.45, 2.75) is 26.6 Å². The first-order chi connectivity index (χ1) is 14.6. The fraction of sp³-hybridized carbons (Fsp3) is 0.409. The summed E-state index contributed by atoms with van der Waals surface area (Å²) in [6.45, 7) is 8.76. The zero-order valence-corrected chi connectivity index (χ0v) is 18.5. The van der Waals surface area contributed by atoms with E-state index in [-0.39, 0.29) is 6.04 Å². The molecule has 1 fully saturated rings. The quantitative estimate of drug-likeness (QED) is 0.561. The Bertz CT molecular complexity index is 1020. The van der Waals surface area contributed by atoms with Crippen LogP contribution in [-0.2, 0) is 6.67 Å². The van der Waals surface area contributed by atoms with Gasteiger partial charge in [0.25, 0.3) is 0 Å². The number of anilines is 1. The molecule has 0 N–H and O–H groups in total. The smallest absolute Gasteiger partial charge is 0.199 e. The minimum atomic E-state index is 0.226. The summed E-state index contributed by atoms with van der Waals surface area (Å²) in [4.78, 5) is 9.18. The number of piperazine rings is 1. The van der Waals surface area contributed by atoms with E-state index < -0.39 is 0 Å². The number of hydrogen-bond donors (Lipinski definition) is 0. The van der Waals surface area contributed by atoms with Crippen LogP contribution in [-0.4, -0.2) is 57.5 Å². The Balaban J connectivity index is 1.51. The Morgan fingerprint density at radius 3 is 2.37 bits per heavy atom. The molecule has 0 atom stereocenters. The molecule has 0 unspecified atom stereocenters. The maximum absolute atomic E-state index is 5.80. The number of nitrogens with zero attached hydrogens (tertiary/aromatic N) is 6. The second-order valence-electron chi connectivity index (χ2n) is 7.73. The molecule has 0 amide bonds. The van der Waals surface area contributed by atoms with Gasteiger partial charge >= 0.3 is 0 Å². The van der Waals surface area contributed by atoms with Gasteiger partial charge in [0.1, 0.15) is 11.6 Å². The van der Waals surface area contributed by atoms with E-state index in [0.717, 1.165) is 53.9 Å². The fourth-order valence-corrected chi connectivity index (χ4v) is 4.16. The Kier molecular flexibility index (Phi) is 6.15. The number of ether oxygens (including phenoxy) is 1. The van der Waals surface area contributed by atoms with E-state index in [1.165, 1.54) is 0 Å². The van der Waals surface area contributed by atoms with Crippen molar-refractivity contribution in [1.82, 2.24) is 24.2 Å². The summed E-state index contributed by atoms with van der Waals surface area (Å²) in [5, 5.41) is 4.90. The third-order valence-corrected chi connectivity index (χ3v) is 5.82. The highest BCUT2D eigenvalue weighted by Gasteiger charge is 2.21. The second kappa shape index (κ2) is 8.97. The van der Waals surface area contributed by atoms with E-state index in [1.54, 1.807) is 7.11 Å². The lowest BCUT2D eigenvalue weighted by Crippen LogP contribution is -2.47. The molecule has 1 aliphatic rings. The van der Waals surface area contributed by atoms with Crippen molar-refractivity contribution in [3.05, 3.63) is 53.4 Å². The lowest BCUT2D eigenvalue weighted by atomic mass is 10.2. The highest BCUT2D eigenvalue weighted by Crippen LogP contribution is 2.25. The van der Waals surface area contributed by atoms with Crippen molar-refractivity contribution in [2.75, 3.05) is 38.2 Å². The molecule has 8 heteroatoms. The summed E-state index contributed by atoms with van der Waals surface area (Å²) in [5.41, 5.74) is 1.04. The van der Waals surface area contributed by atoms with E-state index in [0.29, 0.717) is 6.67 Å². The molecule has 1 aliphatic heterocycles. The third-order valence-electron chi connectivity index (χ3n) is 5.41. The van der Waals surface area contributed by atoms with Crippen molar-refractivity contribution in [3.8, 4) is 17.1 Å². The molecule has 2 aromatic heterocycles. The van der Waals surface area contributed by atoms with Crippen molar-refractivity contribution in [3.63, 3.8) is 0 Å². The lowest BCUT2D eigenvalue weighted by molar-refractivity contribution is 0.193. The predicted octanol–water partition coefficient (Wildman–Crippen LogP) is 3.85. The molecule has 0 radical (unpaired) electrons. The summed E-state index contributed by atoms with van der Waals surface area (Å²) in [6, 6.07) is 14.3. The van der Waals surface area contributed by atoms with E-state index >= 15 is 0 Å². The van der Waals surface area contributed by atoms with Crippen molar-refractivity contribution in [2.24, 2.45) is 0 Å². The van der Waals surface area contributed by atoms with Crippen LogP contribution < -0.4 is 9.64 Å². The number of rotatable bonds is 6. The summed E-state index contributed by atoms with van der Waals surface area (Å²) in [7, 11) is 1.67. The SMILES string of the molecule is COc1ccc(-c2nn(CN3CCN(c4ccccn4)CC3)c(=S)n2C(C)C)cc1. The molecule has 0 bridgehead atoms. The lowest BCUT2D eigenvalue weighted by Gasteiger charge is -2.35. The number of hydrogen-bond acceptors (Lipinski definition) is 6. The molecular weight excluding hydrogens is 396 g/mol. The van der Waals surface area contributed by atoms with Gasteiger partial charge in [0, 0.05) is 44.0 Å². The monoisotopic (exact) mass is 424 g/mol. The molecule has 30 heavy (non-hydrogen) atoms. The molecule has 1 aromatic carbocycles. The number of aromatic nitrogens is 4. The minimum Gasteiger partial charge on any atom is -0.497 e. The van der Waals surface area contributed by atoms with E-state index in [2.05, 4.69) is 39.3 Å². The van der Waals surface area contributed by atoms with Crippen LogP contribution in [0.25, 0.3) is 11.4 Å². The largest absolute Gasteiger partial charge is 0.497 e. The first-order valence-corrected chi connectivity index (χ1v) is 10.7. The van der Waals surface area contributed by atoms with Crippen molar-refractivity contribution in [1.29, 1.82) is 0 Å². The zero-order chi connectivity index (χ0) is 21.1. The normalized spacial score (nSPS) is 15.0. The molecule has 0 spiro atoms. The third kappa shape index (κ3) is 4.24. The van der Waals surface area contributed by atoms with Crippen LogP contribution in [0.4, 0.5) is 5.82 Å². The van der Waals surface area contributed by atoms with Gasteiger partial charge < -0.3 is 9.64 Å². The molecule has 4 rings (SSSR count). The first-order valence-electron chi connectivity index (χ1n) is 10.3. The van der Waals surface area contributed by atoms with Crippen LogP contribution in [0.1, 0.15) is 19.9 Å². The van der Waals surface area contributed by atoms with Gasteiger partial charge in [0.2, 0.25) is 0 Å². The molecule has 0 aliphatic carbocycles. The molecule has 0 saturated carbocycles. The molecule has 3 heterocycles. The predicted molar refractivity (Wildman–Crippen MR) is 121 cm³/mol. The van der Waals surface area contributed by atoms with Crippen molar-refractivity contribution >= 4 is 18.0 Å². The van der Waals surface area contributed by atoms with Crippen LogP contribution >= 0.6 is 12.2 Å². The second-order valence-corrected chi connectivity index (χ2v) is 8.10. The number of pyridine rings is 1. The van der Waals surface area contributed by atoms with Gasteiger partial charge in [-0.3, -0.25) is 9.47 Å². The zero-order valence-electron chi connectivity index (χ0n) is 17.7. The topological polar surface area (TPSA) is 51.4 Å². The molecule has 158 valence electrons. The van der Waals surface area contributed by atoms with Crippen molar-refractivity contribution < 1.29 is 4.74 Å². The summed E-state index contributed by atoms with van der Waals surface area (Å²) >= 11 is 5.80. The van der Waals surface area contributed by atoms with E-state index in [4.69, 9.17) is 22.1 Å².